The summed E-state index contributed by atoms with van der Waals surface area (Å²) in [5.41, 5.74) is 5.44. The molecule has 2 heteroatoms. The maximum atomic E-state index is 12.6. The van der Waals surface area contributed by atoms with Crippen LogP contribution in [0.25, 0.3) is 0 Å². The van der Waals surface area contributed by atoms with Gasteiger partial charge in [0.1, 0.15) is 0 Å². The third kappa shape index (κ3) is 4.44. The lowest BCUT2D eigenvalue weighted by Crippen LogP contribution is -2.31. The number of aryl methyl sites for hydroxylation is 3. The van der Waals surface area contributed by atoms with E-state index in [0.29, 0.717) is 5.92 Å². The molecule has 0 heterocycles. The van der Waals surface area contributed by atoms with Crippen LogP contribution in [0.5, 0.6) is 0 Å². The third-order valence-electron chi connectivity index (χ3n) is 4.18. The summed E-state index contributed by atoms with van der Waals surface area (Å²) < 4.78 is 0. The smallest absolute Gasteiger partial charge is 0.251 e. The summed E-state index contributed by atoms with van der Waals surface area (Å²) in [6, 6.07) is 14.5. The van der Waals surface area contributed by atoms with Gasteiger partial charge in [-0.1, -0.05) is 62.2 Å². The van der Waals surface area contributed by atoms with Crippen molar-refractivity contribution in [3.8, 4) is 0 Å². The van der Waals surface area contributed by atoms with Gasteiger partial charge in [0.2, 0.25) is 0 Å². The minimum Gasteiger partial charge on any atom is -0.345 e. The molecule has 0 spiro atoms. The van der Waals surface area contributed by atoms with Gasteiger partial charge in [-0.25, -0.2) is 0 Å². The zero-order valence-corrected chi connectivity index (χ0v) is 14.8. The van der Waals surface area contributed by atoms with E-state index in [1.807, 2.05) is 26.0 Å². The van der Waals surface area contributed by atoms with Crippen molar-refractivity contribution in [1.82, 2.24) is 5.32 Å². The molecule has 23 heavy (non-hydrogen) atoms. The van der Waals surface area contributed by atoms with Crippen LogP contribution in [0, 0.1) is 19.8 Å². The molecule has 1 amide bonds. The first kappa shape index (κ1) is 17.3. The van der Waals surface area contributed by atoms with Crippen LogP contribution in [-0.4, -0.2) is 5.91 Å². The monoisotopic (exact) mass is 309 g/mol. The molecule has 0 aliphatic carbocycles. The van der Waals surface area contributed by atoms with E-state index in [1.54, 1.807) is 0 Å². The molecule has 0 fully saturated rings. The van der Waals surface area contributed by atoms with E-state index in [2.05, 4.69) is 56.4 Å². The Balaban J connectivity index is 2.22. The number of benzene rings is 2. The molecular weight excluding hydrogens is 282 g/mol. The van der Waals surface area contributed by atoms with Crippen LogP contribution in [0.4, 0.5) is 0 Å². The molecule has 0 unspecified atom stereocenters. The molecule has 0 aromatic heterocycles. The molecule has 0 saturated carbocycles. The topological polar surface area (TPSA) is 29.1 Å². The second-order valence-electron chi connectivity index (χ2n) is 6.67. The molecular formula is C21H27NO. The maximum absolute atomic E-state index is 12.6. The van der Waals surface area contributed by atoms with E-state index >= 15 is 0 Å². The fourth-order valence-corrected chi connectivity index (χ4v) is 2.93. The average Bonchev–Trinajstić information content (AvgIpc) is 2.51. The Labute approximate surface area is 139 Å². The third-order valence-corrected chi connectivity index (χ3v) is 4.18. The number of amides is 1. The van der Waals surface area contributed by atoms with Crippen molar-refractivity contribution in [1.29, 1.82) is 0 Å². The van der Waals surface area contributed by atoms with E-state index < -0.39 is 0 Å². The Hall–Kier alpha value is -2.09. The van der Waals surface area contributed by atoms with Gasteiger partial charge in [0.15, 0.2) is 0 Å². The zero-order valence-electron chi connectivity index (χ0n) is 14.8. The SMILES string of the molecule is CCc1ccc([C@H](NC(=O)c2cc(C)cc(C)c2)C(C)C)cc1. The fourth-order valence-electron chi connectivity index (χ4n) is 2.93. The predicted octanol–water partition coefficient (Wildman–Crippen LogP) is 4.99. The van der Waals surface area contributed by atoms with Crippen molar-refractivity contribution < 1.29 is 4.79 Å². The van der Waals surface area contributed by atoms with Crippen molar-refractivity contribution in [2.24, 2.45) is 5.92 Å². The highest BCUT2D eigenvalue weighted by Gasteiger charge is 2.19. The first-order valence-corrected chi connectivity index (χ1v) is 8.38. The van der Waals surface area contributed by atoms with Gasteiger partial charge in [0, 0.05) is 5.56 Å². The number of nitrogens with one attached hydrogen (secondary N) is 1. The summed E-state index contributed by atoms with van der Waals surface area (Å²) in [7, 11) is 0. The van der Waals surface area contributed by atoms with Crippen LogP contribution in [0.15, 0.2) is 42.5 Å². The second kappa shape index (κ2) is 7.45. The van der Waals surface area contributed by atoms with Crippen LogP contribution >= 0.6 is 0 Å². The normalized spacial score (nSPS) is 12.3. The van der Waals surface area contributed by atoms with Crippen LogP contribution < -0.4 is 5.32 Å². The molecule has 2 aromatic rings. The standard InChI is InChI=1S/C21H27NO/c1-6-17-7-9-18(10-8-17)20(14(2)3)22-21(23)19-12-15(4)11-16(5)13-19/h7-14,20H,6H2,1-5H3,(H,22,23)/t20-/m1/s1. The molecule has 2 nitrogen and oxygen atoms in total. The van der Waals surface area contributed by atoms with Crippen LogP contribution in [0.3, 0.4) is 0 Å². The Kier molecular flexibility index (Phi) is 5.59. The summed E-state index contributed by atoms with van der Waals surface area (Å²) in [6.07, 6.45) is 1.03. The molecule has 0 saturated heterocycles. The minimum atomic E-state index is -0.00457. The minimum absolute atomic E-state index is 0.00457. The largest absolute Gasteiger partial charge is 0.345 e. The van der Waals surface area contributed by atoms with E-state index in [-0.39, 0.29) is 11.9 Å². The summed E-state index contributed by atoms with van der Waals surface area (Å²) >= 11 is 0. The predicted molar refractivity (Wildman–Crippen MR) is 96.8 cm³/mol. The highest BCUT2D eigenvalue weighted by molar-refractivity contribution is 5.94. The fraction of sp³-hybridized carbons (Fsp3) is 0.381. The Morgan fingerprint density at radius 1 is 1.00 bits per heavy atom. The molecule has 1 atom stereocenters. The molecule has 2 rings (SSSR count). The van der Waals surface area contributed by atoms with E-state index in [9.17, 15) is 4.79 Å². The Bertz CT molecular complexity index is 650. The highest BCUT2D eigenvalue weighted by atomic mass is 16.1. The van der Waals surface area contributed by atoms with Crippen molar-refractivity contribution in [2.45, 2.75) is 47.1 Å². The summed E-state index contributed by atoms with van der Waals surface area (Å²) in [5, 5.41) is 3.20. The van der Waals surface area contributed by atoms with Crippen LogP contribution in [0.2, 0.25) is 0 Å². The lowest BCUT2D eigenvalue weighted by atomic mass is 9.94. The van der Waals surface area contributed by atoms with E-state index in [1.165, 1.54) is 5.56 Å². The quantitative estimate of drug-likeness (QED) is 0.828. The van der Waals surface area contributed by atoms with Crippen molar-refractivity contribution in [2.75, 3.05) is 0 Å². The molecule has 0 bridgehead atoms. The van der Waals surface area contributed by atoms with Gasteiger partial charge in [-0.3, -0.25) is 4.79 Å². The zero-order chi connectivity index (χ0) is 17.0. The van der Waals surface area contributed by atoms with E-state index in [0.717, 1.165) is 28.7 Å². The van der Waals surface area contributed by atoms with Gasteiger partial charge < -0.3 is 5.32 Å². The average molecular weight is 309 g/mol. The number of rotatable bonds is 5. The van der Waals surface area contributed by atoms with E-state index in [4.69, 9.17) is 0 Å². The number of carbonyl (C=O) groups excluding carboxylic acids is 1. The van der Waals surface area contributed by atoms with Crippen molar-refractivity contribution in [3.63, 3.8) is 0 Å². The first-order chi connectivity index (χ1) is 10.9. The van der Waals surface area contributed by atoms with Crippen LogP contribution in [-0.2, 0) is 6.42 Å². The van der Waals surface area contributed by atoms with Gasteiger partial charge in [0.05, 0.1) is 6.04 Å². The van der Waals surface area contributed by atoms with Gasteiger partial charge in [0.25, 0.3) is 5.91 Å². The molecule has 0 radical (unpaired) electrons. The van der Waals surface area contributed by atoms with Crippen molar-refractivity contribution >= 4 is 5.91 Å². The molecule has 0 aliphatic rings. The number of hydrogen-bond donors (Lipinski definition) is 1. The van der Waals surface area contributed by atoms with Crippen molar-refractivity contribution in [3.05, 3.63) is 70.3 Å². The lowest BCUT2D eigenvalue weighted by Gasteiger charge is -2.23. The molecule has 0 aliphatic heterocycles. The summed E-state index contributed by atoms with van der Waals surface area (Å²) in [6.45, 7) is 10.5. The maximum Gasteiger partial charge on any atom is 0.251 e. The van der Waals surface area contributed by atoms with Gasteiger partial charge in [-0.05, 0) is 49.4 Å². The number of carbonyl (C=O) groups is 1. The molecule has 2 aromatic carbocycles. The Morgan fingerprint density at radius 2 is 1.57 bits per heavy atom. The molecule has 1 N–H and O–H groups in total. The van der Waals surface area contributed by atoms with Gasteiger partial charge in [-0.15, -0.1) is 0 Å². The van der Waals surface area contributed by atoms with Crippen LogP contribution in [0.1, 0.15) is 59.4 Å². The molecule has 122 valence electrons. The van der Waals surface area contributed by atoms with Gasteiger partial charge >= 0.3 is 0 Å². The second-order valence-corrected chi connectivity index (χ2v) is 6.67. The summed E-state index contributed by atoms with van der Waals surface area (Å²) in [4.78, 5) is 12.6. The first-order valence-electron chi connectivity index (χ1n) is 8.38. The Morgan fingerprint density at radius 3 is 2.04 bits per heavy atom. The van der Waals surface area contributed by atoms with Gasteiger partial charge in [-0.2, -0.15) is 0 Å². The number of hydrogen-bond acceptors (Lipinski definition) is 1. The summed E-state index contributed by atoms with van der Waals surface area (Å²) in [5.74, 6) is 0.326. The highest BCUT2D eigenvalue weighted by Crippen LogP contribution is 2.23. The lowest BCUT2D eigenvalue weighted by molar-refractivity contribution is 0.0925.